The number of quaternary nitrogens is 1. The largest absolute Gasteiger partial charge is 0.496 e. The van der Waals surface area contributed by atoms with Gasteiger partial charge in [-0.1, -0.05) is 12.1 Å². The second kappa shape index (κ2) is 10.0. The SMILES string of the molecule is COc1ccc(/C(C)=N\NC(=O)COc2ccccc2F)cc1C[NH+]1CCCC1. The highest BCUT2D eigenvalue weighted by Gasteiger charge is 2.18. The van der Waals surface area contributed by atoms with E-state index in [4.69, 9.17) is 9.47 Å². The zero-order valence-electron chi connectivity index (χ0n) is 16.8. The molecule has 29 heavy (non-hydrogen) atoms. The Balaban J connectivity index is 1.61. The van der Waals surface area contributed by atoms with Gasteiger partial charge in [0.2, 0.25) is 0 Å². The molecule has 1 amide bonds. The summed E-state index contributed by atoms with van der Waals surface area (Å²) in [6.45, 7) is 4.78. The predicted molar refractivity (Wildman–Crippen MR) is 109 cm³/mol. The van der Waals surface area contributed by atoms with Crippen LogP contribution in [0.15, 0.2) is 47.6 Å². The Bertz CT molecular complexity index is 879. The highest BCUT2D eigenvalue weighted by Crippen LogP contribution is 2.20. The van der Waals surface area contributed by atoms with Gasteiger partial charge in [-0.3, -0.25) is 4.79 Å². The van der Waals surface area contributed by atoms with E-state index in [1.54, 1.807) is 24.1 Å². The molecule has 2 aromatic carbocycles. The van der Waals surface area contributed by atoms with E-state index < -0.39 is 11.7 Å². The lowest BCUT2D eigenvalue weighted by atomic mass is 10.1. The number of para-hydroxylation sites is 1. The summed E-state index contributed by atoms with van der Waals surface area (Å²) in [5.74, 6) is -0.0652. The molecule has 0 aromatic heterocycles. The van der Waals surface area contributed by atoms with Crippen LogP contribution >= 0.6 is 0 Å². The Kier molecular flexibility index (Phi) is 7.19. The number of hydrazone groups is 1. The van der Waals surface area contributed by atoms with Crippen LogP contribution in [0.5, 0.6) is 11.5 Å². The van der Waals surface area contributed by atoms with Crippen molar-refractivity contribution < 1.29 is 23.6 Å². The lowest BCUT2D eigenvalue weighted by Gasteiger charge is -2.15. The third kappa shape index (κ3) is 5.77. The van der Waals surface area contributed by atoms with Crippen molar-refractivity contribution in [1.82, 2.24) is 5.43 Å². The molecule has 0 spiro atoms. The number of hydrogen-bond acceptors (Lipinski definition) is 4. The molecule has 0 atom stereocenters. The van der Waals surface area contributed by atoms with Crippen LogP contribution in [0, 0.1) is 5.82 Å². The lowest BCUT2D eigenvalue weighted by Crippen LogP contribution is -3.08. The van der Waals surface area contributed by atoms with Crippen molar-refractivity contribution in [2.75, 3.05) is 26.8 Å². The summed E-state index contributed by atoms with van der Waals surface area (Å²) in [6, 6.07) is 11.9. The van der Waals surface area contributed by atoms with Crippen molar-refractivity contribution in [1.29, 1.82) is 0 Å². The summed E-state index contributed by atoms with van der Waals surface area (Å²) in [5.41, 5.74) is 5.17. The molecule has 0 unspecified atom stereocenters. The van der Waals surface area contributed by atoms with Crippen LogP contribution in [0.3, 0.4) is 0 Å². The first-order chi connectivity index (χ1) is 14.1. The topological polar surface area (TPSA) is 64.4 Å². The third-order valence-corrected chi connectivity index (χ3v) is 4.99. The molecule has 2 N–H and O–H groups in total. The van der Waals surface area contributed by atoms with Gasteiger partial charge in [-0.05, 0) is 42.8 Å². The average molecular weight is 400 g/mol. The summed E-state index contributed by atoms with van der Waals surface area (Å²) >= 11 is 0. The van der Waals surface area contributed by atoms with Gasteiger partial charge >= 0.3 is 0 Å². The van der Waals surface area contributed by atoms with Gasteiger partial charge in [-0.15, -0.1) is 0 Å². The molecule has 1 heterocycles. The fourth-order valence-electron chi connectivity index (χ4n) is 3.41. The maximum Gasteiger partial charge on any atom is 0.277 e. The molecular weight excluding hydrogens is 373 g/mol. The number of carbonyl (C=O) groups is 1. The maximum atomic E-state index is 13.5. The Morgan fingerprint density at radius 1 is 1.17 bits per heavy atom. The number of halogens is 1. The van der Waals surface area contributed by atoms with Gasteiger partial charge in [0.25, 0.3) is 5.91 Å². The quantitative estimate of drug-likeness (QED) is 0.526. The van der Waals surface area contributed by atoms with Gasteiger partial charge in [0.1, 0.15) is 12.3 Å². The molecule has 1 aliphatic rings. The summed E-state index contributed by atoms with van der Waals surface area (Å²) < 4.78 is 24.2. The highest BCUT2D eigenvalue weighted by atomic mass is 19.1. The van der Waals surface area contributed by atoms with Crippen molar-refractivity contribution in [2.45, 2.75) is 26.3 Å². The minimum atomic E-state index is -0.508. The number of amides is 1. The van der Waals surface area contributed by atoms with E-state index in [-0.39, 0.29) is 12.4 Å². The van der Waals surface area contributed by atoms with E-state index in [0.29, 0.717) is 5.71 Å². The molecule has 1 fully saturated rings. The Labute approximate surface area is 170 Å². The Morgan fingerprint density at radius 3 is 2.66 bits per heavy atom. The fourth-order valence-corrected chi connectivity index (χ4v) is 3.41. The summed E-state index contributed by atoms with van der Waals surface area (Å²) in [6.07, 6.45) is 2.53. The van der Waals surface area contributed by atoms with Crippen LogP contribution in [0.1, 0.15) is 30.9 Å². The van der Waals surface area contributed by atoms with Crippen LogP contribution in [0.4, 0.5) is 4.39 Å². The van der Waals surface area contributed by atoms with Gasteiger partial charge in [-0.25, -0.2) is 9.82 Å². The van der Waals surface area contributed by atoms with Gasteiger partial charge < -0.3 is 14.4 Å². The molecule has 0 radical (unpaired) electrons. The van der Waals surface area contributed by atoms with Gasteiger partial charge in [0, 0.05) is 18.4 Å². The number of rotatable bonds is 8. The minimum absolute atomic E-state index is 0.0348. The monoisotopic (exact) mass is 400 g/mol. The molecular formula is C22H27FN3O3+. The summed E-state index contributed by atoms with van der Waals surface area (Å²) in [7, 11) is 1.68. The molecule has 0 saturated carbocycles. The molecule has 154 valence electrons. The van der Waals surface area contributed by atoms with E-state index in [9.17, 15) is 9.18 Å². The number of nitrogens with one attached hydrogen (secondary N) is 2. The van der Waals surface area contributed by atoms with Crippen LogP contribution in [-0.4, -0.2) is 38.4 Å². The number of benzene rings is 2. The first kappa shape index (κ1) is 20.8. The van der Waals surface area contributed by atoms with Crippen molar-refractivity contribution in [3.63, 3.8) is 0 Å². The fraction of sp³-hybridized carbons (Fsp3) is 0.364. The second-order valence-electron chi connectivity index (χ2n) is 7.11. The highest BCUT2D eigenvalue weighted by molar-refractivity contribution is 5.99. The molecule has 1 saturated heterocycles. The average Bonchev–Trinajstić information content (AvgIpc) is 3.24. The van der Waals surface area contributed by atoms with Gasteiger partial charge in [0.15, 0.2) is 18.2 Å². The zero-order valence-corrected chi connectivity index (χ0v) is 16.8. The molecule has 6 nitrogen and oxygen atoms in total. The maximum absolute atomic E-state index is 13.5. The number of hydrogen-bond donors (Lipinski definition) is 2. The zero-order chi connectivity index (χ0) is 20.6. The van der Waals surface area contributed by atoms with Crippen LogP contribution < -0.4 is 19.8 Å². The standard InChI is InChI=1S/C22H26FN3O3/c1-16(24-25-22(27)15-29-21-8-4-3-7-19(21)23)17-9-10-20(28-2)18(13-17)14-26-11-5-6-12-26/h3-4,7-10,13H,5-6,11-12,14-15H2,1-2H3,(H,25,27)/p+1/b24-16-. The summed E-state index contributed by atoms with van der Waals surface area (Å²) in [5, 5.41) is 4.15. The first-order valence-corrected chi connectivity index (χ1v) is 9.78. The Hall–Kier alpha value is -2.93. The normalized spacial score (nSPS) is 14.7. The molecule has 2 aromatic rings. The molecule has 7 heteroatoms. The minimum Gasteiger partial charge on any atom is -0.496 e. The van der Waals surface area contributed by atoms with E-state index in [2.05, 4.69) is 16.6 Å². The third-order valence-electron chi connectivity index (χ3n) is 4.99. The summed E-state index contributed by atoms with van der Waals surface area (Å²) in [4.78, 5) is 13.5. The van der Waals surface area contributed by atoms with E-state index >= 15 is 0 Å². The number of methoxy groups -OCH3 is 1. The van der Waals surface area contributed by atoms with Crippen LogP contribution in [0.25, 0.3) is 0 Å². The van der Waals surface area contributed by atoms with Crippen molar-refractivity contribution in [3.05, 3.63) is 59.4 Å². The molecule has 3 rings (SSSR count). The van der Waals surface area contributed by atoms with E-state index in [0.717, 1.165) is 23.4 Å². The number of carbonyl (C=O) groups excluding carboxylic acids is 1. The van der Waals surface area contributed by atoms with Crippen molar-refractivity contribution >= 4 is 11.6 Å². The number of nitrogens with zero attached hydrogens (tertiary/aromatic N) is 1. The second-order valence-corrected chi connectivity index (χ2v) is 7.11. The van der Waals surface area contributed by atoms with Crippen LogP contribution in [-0.2, 0) is 11.3 Å². The van der Waals surface area contributed by atoms with Crippen molar-refractivity contribution in [3.8, 4) is 11.5 Å². The lowest BCUT2D eigenvalue weighted by molar-refractivity contribution is -0.901. The van der Waals surface area contributed by atoms with E-state index in [1.807, 2.05) is 19.1 Å². The molecule has 0 aliphatic carbocycles. The Morgan fingerprint density at radius 2 is 1.93 bits per heavy atom. The molecule has 0 bridgehead atoms. The van der Waals surface area contributed by atoms with Gasteiger partial charge in [-0.2, -0.15) is 5.10 Å². The van der Waals surface area contributed by atoms with Crippen LogP contribution in [0.2, 0.25) is 0 Å². The van der Waals surface area contributed by atoms with Crippen molar-refractivity contribution in [2.24, 2.45) is 5.10 Å². The number of likely N-dealkylation sites (tertiary alicyclic amines) is 1. The molecule has 1 aliphatic heterocycles. The predicted octanol–water partition coefficient (Wildman–Crippen LogP) is 1.93. The first-order valence-electron chi connectivity index (χ1n) is 9.78. The van der Waals surface area contributed by atoms with Gasteiger partial charge in [0.05, 0.1) is 25.9 Å². The number of ether oxygens (including phenoxy) is 2. The van der Waals surface area contributed by atoms with E-state index in [1.165, 1.54) is 38.1 Å². The smallest absolute Gasteiger partial charge is 0.277 e.